The van der Waals surface area contributed by atoms with Gasteiger partial charge in [0.25, 0.3) is 0 Å². The van der Waals surface area contributed by atoms with Crippen LogP contribution in [-0.4, -0.2) is 34.6 Å². The van der Waals surface area contributed by atoms with Crippen LogP contribution in [0.15, 0.2) is 48.5 Å². The fourth-order valence-corrected chi connectivity index (χ4v) is 4.03. The summed E-state index contributed by atoms with van der Waals surface area (Å²) in [5.41, 5.74) is 3.30. The monoisotopic (exact) mass is 432 g/mol. The topological polar surface area (TPSA) is 49.4 Å². The number of carbonyl (C=O) groups is 2. The van der Waals surface area contributed by atoms with Crippen LogP contribution in [0.4, 0.5) is 0 Å². The quantitative estimate of drug-likeness (QED) is 0.617. The summed E-state index contributed by atoms with van der Waals surface area (Å²) >= 11 is 7.66. The van der Waals surface area contributed by atoms with Crippen molar-refractivity contribution in [2.75, 3.05) is 5.75 Å². The predicted octanol–water partition coefficient (Wildman–Crippen LogP) is 4.82. The molecule has 0 heterocycles. The molecule has 0 radical (unpaired) electrons. The van der Waals surface area contributed by atoms with E-state index in [-0.39, 0.29) is 17.9 Å². The maximum Gasteiger partial charge on any atom is 0.242 e. The number of nitrogens with zero attached hydrogens (tertiary/aromatic N) is 1. The van der Waals surface area contributed by atoms with Crippen molar-refractivity contribution in [3.8, 4) is 0 Å². The van der Waals surface area contributed by atoms with Gasteiger partial charge in [-0.05, 0) is 51.0 Å². The summed E-state index contributed by atoms with van der Waals surface area (Å²) in [6, 6.07) is 15.1. The fourth-order valence-electron chi connectivity index (χ4n) is 2.96. The molecule has 4 nitrogen and oxygen atoms in total. The second-order valence-electron chi connectivity index (χ2n) is 7.47. The lowest BCUT2D eigenvalue weighted by molar-refractivity contribution is -0.138. The number of amides is 2. The molecule has 2 amide bonds. The molecular weight excluding hydrogens is 404 g/mol. The molecule has 2 aromatic carbocycles. The lowest BCUT2D eigenvalue weighted by atomic mass is 10.1. The average molecular weight is 433 g/mol. The molecule has 2 rings (SSSR count). The minimum Gasteiger partial charge on any atom is -0.352 e. The van der Waals surface area contributed by atoms with Crippen molar-refractivity contribution >= 4 is 35.2 Å². The molecule has 29 heavy (non-hydrogen) atoms. The van der Waals surface area contributed by atoms with Gasteiger partial charge in [0.2, 0.25) is 11.8 Å². The Kier molecular flexibility index (Phi) is 9.05. The smallest absolute Gasteiger partial charge is 0.242 e. The van der Waals surface area contributed by atoms with E-state index in [9.17, 15) is 9.59 Å². The van der Waals surface area contributed by atoms with Crippen LogP contribution in [0.3, 0.4) is 0 Å². The first-order valence-electron chi connectivity index (χ1n) is 9.74. The summed E-state index contributed by atoms with van der Waals surface area (Å²) in [6.07, 6.45) is 0. The highest BCUT2D eigenvalue weighted by Gasteiger charge is 2.26. The largest absolute Gasteiger partial charge is 0.352 e. The van der Waals surface area contributed by atoms with Crippen LogP contribution >= 0.6 is 23.4 Å². The first-order valence-corrected chi connectivity index (χ1v) is 11.3. The number of halogens is 1. The van der Waals surface area contributed by atoms with Crippen LogP contribution in [0.5, 0.6) is 0 Å². The molecule has 1 N–H and O–H groups in total. The van der Waals surface area contributed by atoms with E-state index in [0.717, 1.165) is 11.3 Å². The molecule has 1 atom stereocenters. The van der Waals surface area contributed by atoms with Crippen LogP contribution in [0.1, 0.15) is 37.5 Å². The van der Waals surface area contributed by atoms with Gasteiger partial charge in [-0.3, -0.25) is 9.59 Å². The van der Waals surface area contributed by atoms with Crippen molar-refractivity contribution in [1.29, 1.82) is 0 Å². The summed E-state index contributed by atoms with van der Waals surface area (Å²) in [7, 11) is 0. The Bertz CT molecular complexity index is 841. The van der Waals surface area contributed by atoms with Gasteiger partial charge in [0.1, 0.15) is 6.04 Å². The first kappa shape index (κ1) is 23.3. The van der Waals surface area contributed by atoms with Gasteiger partial charge in [-0.2, -0.15) is 0 Å². The molecule has 0 bridgehead atoms. The van der Waals surface area contributed by atoms with Gasteiger partial charge in [0, 0.05) is 23.4 Å². The number of hydrogen-bond donors (Lipinski definition) is 1. The van der Waals surface area contributed by atoms with Crippen LogP contribution in [0, 0.1) is 6.92 Å². The molecule has 0 aromatic heterocycles. The Morgan fingerprint density at radius 1 is 1.07 bits per heavy atom. The Labute approximate surface area is 183 Å². The SMILES string of the molecule is Cc1cccc(CSCC(=O)N(Cc2cccc(Cl)c2)C(C)C(=O)NC(C)C)c1. The maximum absolute atomic E-state index is 13.0. The minimum absolute atomic E-state index is 0.0174. The van der Waals surface area contributed by atoms with Gasteiger partial charge in [-0.25, -0.2) is 0 Å². The summed E-state index contributed by atoms with van der Waals surface area (Å²) in [6.45, 7) is 7.99. The second-order valence-corrected chi connectivity index (χ2v) is 8.89. The standard InChI is InChI=1S/C23H29ClN2O2S/c1-16(2)25-23(28)18(4)26(13-19-8-6-10-21(24)12-19)22(27)15-29-14-20-9-5-7-17(3)11-20/h5-12,16,18H,13-15H2,1-4H3,(H,25,28). The highest BCUT2D eigenvalue weighted by atomic mass is 35.5. The highest BCUT2D eigenvalue weighted by molar-refractivity contribution is 7.99. The Hall–Kier alpha value is -1.98. The van der Waals surface area contributed by atoms with Crippen molar-refractivity contribution in [1.82, 2.24) is 10.2 Å². The third-order valence-electron chi connectivity index (χ3n) is 4.42. The van der Waals surface area contributed by atoms with Crippen molar-refractivity contribution in [2.24, 2.45) is 0 Å². The molecule has 0 aliphatic heterocycles. The normalized spacial score (nSPS) is 11.9. The first-order chi connectivity index (χ1) is 13.8. The number of aryl methyl sites for hydroxylation is 1. The lowest BCUT2D eigenvalue weighted by Crippen LogP contribution is -2.49. The van der Waals surface area contributed by atoms with E-state index >= 15 is 0 Å². The molecule has 0 saturated heterocycles. The number of carbonyl (C=O) groups excluding carboxylic acids is 2. The van der Waals surface area contributed by atoms with Gasteiger partial charge < -0.3 is 10.2 Å². The Morgan fingerprint density at radius 2 is 1.76 bits per heavy atom. The van der Waals surface area contributed by atoms with E-state index in [1.807, 2.05) is 38.1 Å². The highest BCUT2D eigenvalue weighted by Crippen LogP contribution is 2.18. The number of nitrogens with one attached hydrogen (secondary N) is 1. The zero-order valence-electron chi connectivity index (χ0n) is 17.4. The second kappa shape index (κ2) is 11.3. The molecule has 6 heteroatoms. The minimum atomic E-state index is -0.566. The average Bonchev–Trinajstić information content (AvgIpc) is 2.65. The number of thioether (sulfide) groups is 1. The van der Waals surface area contributed by atoms with Gasteiger partial charge in [0.15, 0.2) is 0 Å². The van der Waals surface area contributed by atoms with Crippen LogP contribution in [-0.2, 0) is 21.9 Å². The molecular formula is C23H29ClN2O2S. The van der Waals surface area contributed by atoms with Crippen molar-refractivity contribution in [3.63, 3.8) is 0 Å². The lowest BCUT2D eigenvalue weighted by Gasteiger charge is -2.29. The van der Waals surface area contributed by atoms with Crippen molar-refractivity contribution in [2.45, 2.75) is 52.1 Å². The Morgan fingerprint density at radius 3 is 2.41 bits per heavy atom. The summed E-state index contributed by atoms with van der Waals surface area (Å²) in [5.74, 6) is 0.854. The van der Waals surface area contributed by atoms with E-state index in [1.165, 1.54) is 11.1 Å². The van der Waals surface area contributed by atoms with Gasteiger partial charge in [0.05, 0.1) is 5.75 Å². The van der Waals surface area contributed by atoms with Crippen molar-refractivity contribution in [3.05, 3.63) is 70.2 Å². The summed E-state index contributed by atoms with van der Waals surface area (Å²) in [4.78, 5) is 27.2. The molecule has 0 saturated carbocycles. The Balaban J connectivity index is 2.07. The third kappa shape index (κ3) is 7.75. The zero-order chi connectivity index (χ0) is 21.4. The third-order valence-corrected chi connectivity index (χ3v) is 5.64. The van der Waals surface area contributed by atoms with Crippen LogP contribution in [0.2, 0.25) is 5.02 Å². The molecule has 0 aliphatic carbocycles. The number of benzene rings is 2. The van der Waals surface area contributed by atoms with E-state index in [1.54, 1.807) is 29.7 Å². The van der Waals surface area contributed by atoms with E-state index in [2.05, 4.69) is 30.4 Å². The summed E-state index contributed by atoms with van der Waals surface area (Å²) < 4.78 is 0. The molecule has 1 unspecified atom stereocenters. The predicted molar refractivity (Wildman–Crippen MR) is 122 cm³/mol. The van der Waals surface area contributed by atoms with Gasteiger partial charge in [-0.15, -0.1) is 11.8 Å². The van der Waals surface area contributed by atoms with Gasteiger partial charge in [-0.1, -0.05) is 53.6 Å². The van der Waals surface area contributed by atoms with E-state index in [0.29, 0.717) is 17.3 Å². The molecule has 0 spiro atoms. The number of rotatable bonds is 9. The zero-order valence-corrected chi connectivity index (χ0v) is 19.0. The molecule has 2 aromatic rings. The van der Waals surface area contributed by atoms with E-state index < -0.39 is 6.04 Å². The van der Waals surface area contributed by atoms with Crippen molar-refractivity contribution < 1.29 is 9.59 Å². The van der Waals surface area contributed by atoms with Crippen LogP contribution < -0.4 is 5.32 Å². The fraction of sp³-hybridized carbons (Fsp3) is 0.391. The maximum atomic E-state index is 13.0. The number of hydrogen-bond acceptors (Lipinski definition) is 3. The molecule has 156 valence electrons. The molecule has 0 fully saturated rings. The molecule has 0 aliphatic rings. The summed E-state index contributed by atoms with van der Waals surface area (Å²) in [5, 5.41) is 3.51. The van der Waals surface area contributed by atoms with Gasteiger partial charge >= 0.3 is 0 Å². The van der Waals surface area contributed by atoms with E-state index in [4.69, 9.17) is 11.6 Å². The van der Waals surface area contributed by atoms with Crippen LogP contribution in [0.25, 0.3) is 0 Å².